The predicted molar refractivity (Wildman–Crippen MR) is 70.3 cm³/mol. The summed E-state index contributed by atoms with van der Waals surface area (Å²) in [7, 11) is -5.05. The molecule has 0 aliphatic rings. The topological polar surface area (TPSA) is 72.5 Å². The Labute approximate surface area is 137 Å². The van der Waals surface area contributed by atoms with Gasteiger partial charge in [0.25, 0.3) is 0 Å². The van der Waals surface area contributed by atoms with E-state index in [0.29, 0.717) is 11.3 Å². The number of carbonyl (C=O) groups is 1. The zero-order valence-corrected chi connectivity index (χ0v) is 13.3. The summed E-state index contributed by atoms with van der Waals surface area (Å²) in [5.41, 5.74) is 0.849. The van der Waals surface area contributed by atoms with Gasteiger partial charge in [0.1, 0.15) is 5.75 Å². The Kier molecular flexibility index (Phi) is 6.10. The molecule has 0 bridgehead atoms. The van der Waals surface area contributed by atoms with Crippen molar-refractivity contribution in [3.63, 3.8) is 0 Å². The van der Waals surface area contributed by atoms with Crippen LogP contribution in [0.4, 0.5) is 9.57 Å². The molecule has 0 aromatic heterocycles. The molecule has 0 heterocycles. The minimum atomic E-state index is -5.05. The Morgan fingerprint density at radius 2 is 1.86 bits per heavy atom. The molecule has 0 aliphatic carbocycles. The van der Waals surface area contributed by atoms with Crippen LogP contribution in [0.5, 0.6) is 5.75 Å². The van der Waals surface area contributed by atoms with Gasteiger partial charge in [-0.25, -0.2) is 0 Å². The van der Waals surface area contributed by atoms with Gasteiger partial charge in [0, 0.05) is 5.69 Å². The van der Waals surface area contributed by atoms with Crippen LogP contribution in [0.2, 0.25) is 0 Å². The molecule has 21 heavy (non-hydrogen) atoms. The minimum absolute atomic E-state index is 0. The van der Waals surface area contributed by atoms with Crippen molar-refractivity contribution in [2.75, 3.05) is 5.32 Å². The van der Waals surface area contributed by atoms with Crippen molar-refractivity contribution >= 4 is 22.1 Å². The Bertz CT molecular complexity index is 705. The van der Waals surface area contributed by atoms with Gasteiger partial charge in [-0.05, 0) is 24.3 Å². The molecule has 1 N–H and O–H groups in total. The van der Waals surface area contributed by atoms with Gasteiger partial charge in [-0.3, -0.25) is 4.79 Å². The molecular weight excluding hydrogens is 482 g/mol. The SMILES string of the molecule is O=C(Nc1ccc(OS(=O)(=O)F)cc1)c1c[c-]ccc1.[Au+]. The number of nitrogens with one attached hydrogen (secondary N) is 1. The maximum absolute atomic E-state index is 12.3. The van der Waals surface area contributed by atoms with Gasteiger partial charge in [-0.2, -0.15) is 38.7 Å². The third-order valence-corrected chi connectivity index (χ3v) is 2.67. The van der Waals surface area contributed by atoms with Crippen molar-refractivity contribution in [2.45, 2.75) is 0 Å². The molecule has 0 unspecified atom stereocenters. The van der Waals surface area contributed by atoms with Crippen molar-refractivity contribution in [3.05, 3.63) is 60.2 Å². The molecule has 2 rings (SSSR count). The van der Waals surface area contributed by atoms with Crippen molar-refractivity contribution in [2.24, 2.45) is 0 Å². The number of halogens is 1. The van der Waals surface area contributed by atoms with E-state index in [1.807, 2.05) is 0 Å². The van der Waals surface area contributed by atoms with E-state index in [-0.39, 0.29) is 34.0 Å². The van der Waals surface area contributed by atoms with Crippen LogP contribution in [0.25, 0.3) is 0 Å². The molecule has 0 saturated carbocycles. The zero-order valence-electron chi connectivity index (χ0n) is 10.3. The van der Waals surface area contributed by atoms with E-state index in [9.17, 15) is 17.1 Å². The average Bonchev–Trinajstić information content (AvgIpc) is 2.40. The van der Waals surface area contributed by atoms with Crippen LogP contribution in [0.1, 0.15) is 10.4 Å². The smallest absolute Gasteiger partial charge is 0.358 e. The first kappa shape index (κ1) is 17.4. The Hall–Kier alpha value is -1.67. The largest absolute Gasteiger partial charge is 1.00 e. The van der Waals surface area contributed by atoms with Gasteiger partial charge < -0.3 is 9.50 Å². The number of rotatable bonds is 4. The summed E-state index contributed by atoms with van der Waals surface area (Å²) in [5.74, 6) is -0.521. The van der Waals surface area contributed by atoms with Gasteiger partial charge in [-0.1, -0.05) is 9.45 Å². The molecule has 114 valence electrons. The third kappa shape index (κ3) is 5.68. The molecule has 0 fully saturated rings. The molecule has 0 aliphatic heterocycles. The molecule has 2 aromatic carbocycles. The van der Waals surface area contributed by atoms with Crippen molar-refractivity contribution in [1.82, 2.24) is 0 Å². The van der Waals surface area contributed by atoms with Crippen LogP contribution in [0.3, 0.4) is 0 Å². The van der Waals surface area contributed by atoms with E-state index in [1.165, 1.54) is 30.3 Å². The molecule has 5 nitrogen and oxygen atoms in total. The number of hydrogen-bond acceptors (Lipinski definition) is 4. The third-order valence-electron chi connectivity index (χ3n) is 2.28. The molecule has 8 heteroatoms. The fourth-order valence-electron chi connectivity index (χ4n) is 1.45. The Balaban J connectivity index is 0.00000220. The normalized spacial score (nSPS) is 10.3. The number of amides is 1. The first-order valence-electron chi connectivity index (χ1n) is 5.46. The summed E-state index contributed by atoms with van der Waals surface area (Å²) in [5, 5.41) is 2.59. The standard InChI is InChI=1S/C13H9FNO4S.Au/c14-20(17,18)19-12-8-6-11(7-9-12)15-13(16)10-4-2-1-3-5-10;/h1-2,4-9H,(H,15,16);/q-1;+1. The van der Waals surface area contributed by atoms with Gasteiger partial charge in [0.15, 0.2) is 5.91 Å². The van der Waals surface area contributed by atoms with Gasteiger partial charge in [0.05, 0.1) is 0 Å². The van der Waals surface area contributed by atoms with Crippen LogP contribution in [-0.4, -0.2) is 14.3 Å². The second-order valence-corrected chi connectivity index (χ2v) is 4.70. The molecule has 0 saturated heterocycles. The Morgan fingerprint density at radius 3 is 2.38 bits per heavy atom. The maximum Gasteiger partial charge on any atom is 1.00 e. The monoisotopic (exact) mass is 491 g/mol. The quantitative estimate of drug-likeness (QED) is 0.405. The fourth-order valence-corrected chi connectivity index (χ4v) is 1.79. The number of benzene rings is 2. The minimum Gasteiger partial charge on any atom is -0.358 e. The molecule has 0 radical (unpaired) electrons. The maximum atomic E-state index is 12.3. The van der Waals surface area contributed by atoms with Crippen LogP contribution >= 0.6 is 0 Å². The second kappa shape index (κ2) is 7.37. The number of hydrogen-bond donors (Lipinski definition) is 1. The molecule has 1 amide bonds. The van der Waals surface area contributed by atoms with Crippen LogP contribution in [0, 0.1) is 6.07 Å². The van der Waals surface area contributed by atoms with Gasteiger partial charge in [-0.15, -0.1) is 0 Å². The van der Waals surface area contributed by atoms with Crippen LogP contribution in [-0.2, 0) is 32.9 Å². The molecule has 0 spiro atoms. The first-order chi connectivity index (χ1) is 9.44. The average molecular weight is 491 g/mol. The van der Waals surface area contributed by atoms with E-state index >= 15 is 0 Å². The summed E-state index contributed by atoms with van der Waals surface area (Å²) in [4.78, 5) is 11.8. The van der Waals surface area contributed by atoms with E-state index in [0.717, 1.165) is 0 Å². The summed E-state index contributed by atoms with van der Waals surface area (Å²) < 4.78 is 36.9. The van der Waals surface area contributed by atoms with E-state index in [2.05, 4.69) is 15.6 Å². The summed E-state index contributed by atoms with van der Waals surface area (Å²) >= 11 is 0. The molecule has 2 aromatic rings. The second-order valence-electron chi connectivity index (χ2n) is 3.75. The van der Waals surface area contributed by atoms with E-state index in [4.69, 9.17) is 0 Å². The first-order valence-corrected chi connectivity index (χ1v) is 6.76. The van der Waals surface area contributed by atoms with E-state index < -0.39 is 10.5 Å². The number of carbonyl (C=O) groups excluding carboxylic acids is 1. The molecule has 0 atom stereocenters. The van der Waals surface area contributed by atoms with E-state index in [1.54, 1.807) is 18.2 Å². The van der Waals surface area contributed by atoms with Gasteiger partial charge in [0.2, 0.25) is 0 Å². The summed E-state index contributed by atoms with van der Waals surface area (Å²) in [6.07, 6.45) is 0. The summed E-state index contributed by atoms with van der Waals surface area (Å²) in [6, 6.07) is 14.5. The van der Waals surface area contributed by atoms with Gasteiger partial charge >= 0.3 is 32.9 Å². The fraction of sp³-hybridized carbons (Fsp3) is 0. The number of anilines is 1. The molecular formula is C13H9AuFNO4S. The van der Waals surface area contributed by atoms with Crippen molar-refractivity contribution in [1.29, 1.82) is 0 Å². The zero-order chi connectivity index (χ0) is 14.6. The van der Waals surface area contributed by atoms with Crippen LogP contribution in [0.15, 0.2) is 48.5 Å². The summed E-state index contributed by atoms with van der Waals surface area (Å²) in [6.45, 7) is 0. The van der Waals surface area contributed by atoms with Crippen molar-refractivity contribution < 1.29 is 43.7 Å². The Morgan fingerprint density at radius 1 is 1.19 bits per heavy atom. The predicted octanol–water partition coefficient (Wildman–Crippen LogP) is 2.33. The van der Waals surface area contributed by atoms with Crippen LogP contribution < -0.4 is 9.50 Å². The van der Waals surface area contributed by atoms with Crippen molar-refractivity contribution in [3.8, 4) is 5.75 Å².